The third kappa shape index (κ3) is 1.76. The van der Waals surface area contributed by atoms with Crippen molar-refractivity contribution in [3.63, 3.8) is 0 Å². The topological polar surface area (TPSA) is 95.5 Å². The van der Waals surface area contributed by atoms with Gasteiger partial charge < -0.3 is 10.5 Å². The fourth-order valence-electron chi connectivity index (χ4n) is 1.10. The summed E-state index contributed by atoms with van der Waals surface area (Å²) in [6, 6.07) is 0.371. The highest BCUT2D eigenvalue weighted by Gasteiger charge is 2.29. The van der Waals surface area contributed by atoms with Crippen molar-refractivity contribution in [3.8, 4) is 0 Å². The Morgan fingerprint density at radius 3 is 2.56 bits per heavy atom. The molecule has 0 aliphatic carbocycles. The number of benzene rings is 1. The zero-order chi connectivity index (χ0) is 12.5. The van der Waals surface area contributed by atoms with E-state index in [4.69, 9.17) is 5.73 Å². The average molecular weight is 232 g/mol. The first-order chi connectivity index (χ1) is 7.40. The summed E-state index contributed by atoms with van der Waals surface area (Å²) < 4.78 is 30.0. The molecule has 1 aromatic rings. The van der Waals surface area contributed by atoms with Crippen LogP contribution >= 0.6 is 0 Å². The number of carbonyl (C=O) groups excluding carboxylic acids is 1. The number of methoxy groups -OCH3 is 1. The highest BCUT2D eigenvalue weighted by Crippen LogP contribution is 2.31. The SMILES string of the molecule is COC(=O)c1cc(F)c(F)c(N)c1[N+](=O)[O-]. The number of anilines is 1. The standard InChI is InChI=1S/C8H6F2N2O4/c1-16-8(13)3-2-4(9)5(10)6(11)7(3)12(14)15/h2H,11H2,1H3. The highest BCUT2D eigenvalue weighted by atomic mass is 19.2. The molecule has 0 amide bonds. The van der Waals surface area contributed by atoms with Gasteiger partial charge in [0.2, 0.25) is 0 Å². The number of nitro groups is 1. The van der Waals surface area contributed by atoms with Crippen molar-refractivity contribution in [1.82, 2.24) is 0 Å². The number of nitrogen functional groups attached to an aromatic ring is 1. The summed E-state index contributed by atoms with van der Waals surface area (Å²) in [5.41, 5.74) is 2.24. The molecule has 0 aromatic heterocycles. The van der Waals surface area contributed by atoms with Crippen molar-refractivity contribution in [1.29, 1.82) is 0 Å². The van der Waals surface area contributed by atoms with E-state index in [0.717, 1.165) is 7.11 Å². The van der Waals surface area contributed by atoms with E-state index >= 15 is 0 Å². The van der Waals surface area contributed by atoms with Gasteiger partial charge in [0.1, 0.15) is 5.56 Å². The van der Waals surface area contributed by atoms with E-state index in [2.05, 4.69) is 4.74 Å². The zero-order valence-corrected chi connectivity index (χ0v) is 7.99. The number of rotatable bonds is 2. The molecular weight excluding hydrogens is 226 g/mol. The summed E-state index contributed by atoms with van der Waals surface area (Å²) in [5, 5.41) is 10.6. The molecule has 8 heteroatoms. The fraction of sp³-hybridized carbons (Fsp3) is 0.125. The van der Waals surface area contributed by atoms with Gasteiger partial charge in [0.05, 0.1) is 12.0 Å². The van der Waals surface area contributed by atoms with Crippen molar-refractivity contribution in [2.45, 2.75) is 0 Å². The van der Waals surface area contributed by atoms with Gasteiger partial charge in [-0.3, -0.25) is 10.1 Å². The molecular formula is C8H6F2N2O4. The van der Waals surface area contributed by atoms with Crippen molar-refractivity contribution in [3.05, 3.63) is 33.4 Å². The summed E-state index contributed by atoms with van der Waals surface area (Å²) in [6.45, 7) is 0. The summed E-state index contributed by atoms with van der Waals surface area (Å²) in [6.07, 6.45) is 0. The second kappa shape index (κ2) is 4.09. The minimum atomic E-state index is -1.57. The maximum Gasteiger partial charge on any atom is 0.345 e. The molecule has 16 heavy (non-hydrogen) atoms. The van der Waals surface area contributed by atoms with Crippen LogP contribution in [0.4, 0.5) is 20.2 Å². The molecule has 2 N–H and O–H groups in total. The Labute approximate surface area is 87.8 Å². The van der Waals surface area contributed by atoms with E-state index in [9.17, 15) is 23.7 Å². The lowest BCUT2D eigenvalue weighted by molar-refractivity contribution is -0.384. The van der Waals surface area contributed by atoms with Crippen LogP contribution in [0, 0.1) is 21.7 Å². The molecule has 86 valence electrons. The van der Waals surface area contributed by atoms with E-state index in [0.29, 0.717) is 6.07 Å². The van der Waals surface area contributed by atoms with Crippen LogP contribution in [0.1, 0.15) is 10.4 Å². The largest absolute Gasteiger partial charge is 0.465 e. The van der Waals surface area contributed by atoms with Crippen molar-refractivity contribution >= 4 is 17.3 Å². The second-order valence-corrected chi connectivity index (χ2v) is 2.73. The van der Waals surface area contributed by atoms with E-state index in [1.165, 1.54) is 0 Å². The predicted molar refractivity (Wildman–Crippen MR) is 48.8 cm³/mol. The van der Waals surface area contributed by atoms with Crippen molar-refractivity contribution in [2.75, 3.05) is 12.8 Å². The Kier molecular flexibility index (Phi) is 3.02. The molecule has 1 aromatic carbocycles. The molecule has 0 spiro atoms. The number of esters is 1. The number of ether oxygens (including phenoxy) is 1. The molecule has 0 saturated carbocycles. The fourth-order valence-corrected chi connectivity index (χ4v) is 1.10. The smallest absolute Gasteiger partial charge is 0.345 e. The van der Waals surface area contributed by atoms with Gasteiger partial charge in [-0.15, -0.1) is 0 Å². The normalized spacial score (nSPS) is 9.94. The molecule has 6 nitrogen and oxygen atoms in total. The molecule has 0 heterocycles. The minimum absolute atomic E-state index is 0.371. The minimum Gasteiger partial charge on any atom is -0.465 e. The van der Waals surface area contributed by atoms with E-state index in [1.54, 1.807) is 0 Å². The molecule has 0 saturated heterocycles. The molecule has 0 fully saturated rings. The highest BCUT2D eigenvalue weighted by molar-refractivity contribution is 5.96. The first-order valence-electron chi connectivity index (χ1n) is 3.90. The van der Waals surface area contributed by atoms with Crippen LogP contribution in [0.25, 0.3) is 0 Å². The second-order valence-electron chi connectivity index (χ2n) is 2.73. The van der Waals surface area contributed by atoms with Crippen LogP contribution in [-0.2, 0) is 4.74 Å². The van der Waals surface area contributed by atoms with Crippen molar-refractivity contribution < 1.29 is 23.2 Å². The van der Waals surface area contributed by atoms with Gasteiger partial charge in [0.15, 0.2) is 17.3 Å². The van der Waals surface area contributed by atoms with E-state index in [1.807, 2.05) is 0 Å². The maximum atomic E-state index is 12.9. The molecule has 1 rings (SSSR count). The van der Waals surface area contributed by atoms with Gasteiger partial charge in [0.25, 0.3) is 0 Å². The Bertz CT molecular complexity index is 476. The summed E-state index contributed by atoms with van der Waals surface area (Å²) in [7, 11) is 0.948. The number of hydrogen-bond acceptors (Lipinski definition) is 5. The number of hydrogen-bond donors (Lipinski definition) is 1. The first-order valence-corrected chi connectivity index (χ1v) is 3.90. The summed E-state index contributed by atoms with van der Waals surface area (Å²) in [4.78, 5) is 20.6. The van der Waals surface area contributed by atoms with Gasteiger partial charge in [-0.1, -0.05) is 0 Å². The lowest BCUT2D eigenvalue weighted by Crippen LogP contribution is -2.10. The number of carbonyl (C=O) groups is 1. The Morgan fingerprint density at radius 2 is 2.12 bits per heavy atom. The van der Waals surface area contributed by atoms with E-state index in [-0.39, 0.29) is 0 Å². The van der Waals surface area contributed by atoms with Gasteiger partial charge in [-0.05, 0) is 6.07 Å². The average Bonchev–Trinajstić information content (AvgIpc) is 2.23. The third-order valence-corrected chi connectivity index (χ3v) is 1.82. The number of nitro benzene ring substituents is 1. The maximum absolute atomic E-state index is 12.9. The van der Waals surface area contributed by atoms with Crippen LogP contribution in [-0.4, -0.2) is 18.0 Å². The van der Waals surface area contributed by atoms with Gasteiger partial charge >= 0.3 is 11.7 Å². The molecule has 0 aliphatic heterocycles. The van der Waals surface area contributed by atoms with Gasteiger partial charge in [0, 0.05) is 0 Å². The van der Waals surface area contributed by atoms with Crippen LogP contribution < -0.4 is 5.73 Å². The zero-order valence-electron chi connectivity index (χ0n) is 7.99. The Balaban J connectivity index is 3.60. The Hall–Kier alpha value is -2.25. The number of halogens is 2. The van der Waals surface area contributed by atoms with Crippen LogP contribution in [0.5, 0.6) is 0 Å². The van der Waals surface area contributed by atoms with E-state index < -0.39 is 39.5 Å². The first kappa shape index (κ1) is 11.8. The number of nitrogens with zero attached hydrogens (tertiary/aromatic N) is 1. The van der Waals surface area contributed by atoms with Crippen LogP contribution in [0.2, 0.25) is 0 Å². The van der Waals surface area contributed by atoms with Crippen molar-refractivity contribution in [2.24, 2.45) is 0 Å². The lowest BCUT2D eigenvalue weighted by Gasteiger charge is -2.05. The Morgan fingerprint density at radius 1 is 1.56 bits per heavy atom. The molecule has 0 atom stereocenters. The van der Waals surface area contributed by atoms with Crippen LogP contribution in [0.3, 0.4) is 0 Å². The monoisotopic (exact) mass is 232 g/mol. The summed E-state index contributed by atoms with van der Waals surface area (Å²) in [5.74, 6) is -4.19. The molecule has 0 radical (unpaired) electrons. The van der Waals surface area contributed by atoms with Gasteiger partial charge in [-0.2, -0.15) is 0 Å². The lowest BCUT2D eigenvalue weighted by atomic mass is 10.1. The molecule has 0 aliphatic rings. The molecule has 0 bridgehead atoms. The van der Waals surface area contributed by atoms with Crippen LogP contribution in [0.15, 0.2) is 6.07 Å². The predicted octanol–water partition coefficient (Wildman–Crippen LogP) is 1.24. The quantitative estimate of drug-likeness (QED) is 0.358. The third-order valence-electron chi connectivity index (χ3n) is 1.82. The van der Waals surface area contributed by atoms with Gasteiger partial charge in [-0.25, -0.2) is 13.6 Å². The molecule has 0 unspecified atom stereocenters. The summed E-state index contributed by atoms with van der Waals surface area (Å²) >= 11 is 0. The number of nitrogens with two attached hydrogens (primary N) is 1.